The van der Waals surface area contributed by atoms with Crippen LogP contribution in [0.25, 0.3) is 16.8 Å². The van der Waals surface area contributed by atoms with Gasteiger partial charge >= 0.3 is 0 Å². The van der Waals surface area contributed by atoms with Gasteiger partial charge in [0.25, 0.3) is 5.69 Å². The van der Waals surface area contributed by atoms with Crippen LogP contribution in [0, 0.1) is 21.4 Å². The van der Waals surface area contributed by atoms with Crippen molar-refractivity contribution in [3.8, 4) is 17.3 Å². The highest BCUT2D eigenvalue weighted by atomic mass is 79.9. The standard InChI is InChI=1S/C18H11BrN4O2S/c19-14-4-2-5-15(8-14)21-10-13(9-20)18-22-17(11-26-18)12-3-1-6-16(7-12)23(24)25/h1-8,10-11,21H. The van der Waals surface area contributed by atoms with Gasteiger partial charge in [0.15, 0.2) is 0 Å². The molecular formula is C18H11BrN4O2S. The molecule has 2 aromatic carbocycles. The van der Waals surface area contributed by atoms with Crippen LogP contribution >= 0.6 is 27.3 Å². The molecule has 0 aliphatic heterocycles. The summed E-state index contributed by atoms with van der Waals surface area (Å²) in [5.74, 6) is 0. The second kappa shape index (κ2) is 7.91. The van der Waals surface area contributed by atoms with Gasteiger partial charge in [-0.15, -0.1) is 11.3 Å². The third-order valence-electron chi connectivity index (χ3n) is 3.42. The van der Waals surface area contributed by atoms with E-state index in [2.05, 4.69) is 32.3 Å². The Kier molecular flexibility index (Phi) is 5.41. The summed E-state index contributed by atoms with van der Waals surface area (Å²) >= 11 is 4.70. The number of nitrogens with one attached hydrogen (secondary N) is 1. The Morgan fingerprint density at radius 2 is 2.12 bits per heavy atom. The van der Waals surface area contributed by atoms with Crippen LogP contribution < -0.4 is 5.32 Å². The lowest BCUT2D eigenvalue weighted by Crippen LogP contribution is -1.91. The number of non-ortho nitro benzene ring substituents is 1. The summed E-state index contributed by atoms with van der Waals surface area (Å²) in [7, 11) is 0. The third kappa shape index (κ3) is 4.14. The molecule has 3 rings (SSSR count). The molecule has 0 bridgehead atoms. The topological polar surface area (TPSA) is 91.8 Å². The predicted molar refractivity (Wildman–Crippen MR) is 106 cm³/mol. The van der Waals surface area contributed by atoms with Crippen LogP contribution in [0.3, 0.4) is 0 Å². The lowest BCUT2D eigenvalue weighted by molar-refractivity contribution is -0.384. The number of aromatic nitrogens is 1. The first kappa shape index (κ1) is 17.8. The minimum atomic E-state index is -0.445. The van der Waals surface area contributed by atoms with E-state index in [9.17, 15) is 15.4 Å². The highest BCUT2D eigenvalue weighted by molar-refractivity contribution is 9.10. The van der Waals surface area contributed by atoms with Crippen molar-refractivity contribution < 1.29 is 4.92 Å². The first-order valence-corrected chi connectivity index (χ1v) is 9.07. The lowest BCUT2D eigenvalue weighted by Gasteiger charge is -2.01. The largest absolute Gasteiger partial charge is 0.360 e. The minimum absolute atomic E-state index is 0.00409. The number of nitro benzene ring substituents is 1. The summed E-state index contributed by atoms with van der Waals surface area (Å²) in [6.45, 7) is 0. The molecule has 1 heterocycles. The number of benzene rings is 2. The number of hydrogen-bond donors (Lipinski definition) is 1. The molecule has 0 amide bonds. The van der Waals surface area contributed by atoms with E-state index in [4.69, 9.17) is 0 Å². The minimum Gasteiger partial charge on any atom is -0.360 e. The summed E-state index contributed by atoms with van der Waals surface area (Å²) in [5, 5.41) is 25.7. The van der Waals surface area contributed by atoms with Crippen LogP contribution in [-0.4, -0.2) is 9.91 Å². The zero-order valence-electron chi connectivity index (χ0n) is 13.2. The average molecular weight is 427 g/mol. The highest BCUT2D eigenvalue weighted by Crippen LogP contribution is 2.28. The van der Waals surface area contributed by atoms with E-state index in [0.29, 0.717) is 21.8 Å². The van der Waals surface area contributed by atoms with Crippen LogP contribution in [0.1, 0.15) is 5.01 Å². The van der Waals surface area contributed by atoms with Crippen LogP contribution in [0.15, 0.2) is 64.6 Å². The highest BCUT2D eigenvalue weighted by Gasteiger charge is 2.12. The molecule has 0 fully saturated rings. The molecule has 0 spiro atoms. The van der Waals surface area contributed by atoms with Crippen molar-refractivity contribution in [3.63, 3.8) is 0 Å². The van der Waals surface area contributed by atoms with Gasteiger partial charge in [0, 0.05) is 39.4 Å². The van der Waals surface area contributed by atoms with Crippen LogP contribution in [0.2, 0.25) is 0 Å². The molecule has 0 atom stereocenters. The maximum Gasteiger partial charge on any atom is 0.270 e. The lowest BCUT2D eigenvalue weighted by atomic mass is 10.1. The van der Waals surface area contributed by atoms with Gasteiger partial charge in [-0.3, -0.25) is 10.1 Å². The van der Waals surface area contributed by atoms with Gasteiger partial charge in [0.2, 0.25) is 0 Å². The number of thiazole rings is 1. The molecule has 1 N–H and O–H groups in total. The third-order valence-corrected chi connectivity index (χ3v) is 4.78. The smallest absolute Gasteiger partial charge is 0.270 e. The molecule has 1 aromatic heterocycles. The van der Waals surface area contributed by atoms with Gasteiger partial charge in [-0.2, -0.15) is 5.26 Å². The van der Waals surface area contributed by atoms with Crippen molar-refractivity contribution in [2.24, 2.45) is 0 Å². The van der Waals surface area contributed by atoms with Crippen molar-refractivity contribution in [1.82, 2.24) is 4.98 Å². The van der Waals surface area contributed by atoms with Gasteiger partial charge in [0.1, 0.15) is 16.6 Å². The normalized spacial score (nSPS) is 11.0. The van der Waals surface area contributed by atoms with E-state index in [0.717, 1.165) is 10.2 Å². The Morgan fingerprint density at radius 1 is 1.31 bits per heavy atom. The second-order valence-corrected chi connectivity index (χ2v) is 6.94. The maximum absolute atomic E-state index is 10.9. The van der Waals surface area contributed by atoms with Crippen LogP contribution in [0.5, 0.6) is 0 Å². The number of hydrogen-bond acceptors (Lipinski definition) is 6. The number of nitro groups is 1. The van der Waals surface area contributed by atoms with E-state index in [-0.39, 0.29) is 5.69 Å². The zero-order chi connectivity index (χ0) is 18.5. The van der Waals surface area contributed by atoms with E-state index >= 15 is 0 Å². The quantitative estimate of drug-likeness (QED) is 0.332. The van der Waals surface area contributed by atoms with Gasteiger partial charge in [-0.25, -0.2) is 4.98 Å². The Morgan fingerprint density at radius 3 is 2.85 bits per heavy atom. The first-order chi connectivity index (χ1) is 12.6. The van der Waals surface area contributed by atoms with Crippen molar-refractivity contribution in [2.45, 2.75) is 0 Å². The number of halogens is 1. The van der Waals surface area contributed by atoms with E-state index in [1.54, 1.807) is 23.7 Å². The molecule has 8 heteroatoms. The molecule has 3 aromatic rings. The van der Waals surface area contributed by atoms with Crippen LogP contribution in [0.4, 0.5) is 11.4 Å². The molecule has 0 saturated heterocycles. The fourth-order valence-electron chi connectivity index (χ4n) is 2.18. The second-order valence-electron chi connectivity index (χ2n) is 5.17. The van der Waals surface area contributed by atoms with Gasteiger partial charge in [-0.1, -0.05) is 34.1 Å². The Balaban J connectivity index is 1.85. The number of nitrogens with zero attached hydrogens (tertiary/aromatic N) is 3. The molecule has 26 heavy (non-hydrogen) atoms. The molecule has 0 aliphatic rings. The van der Waals surface area contributed by atoms with Crippen molar-refractivity contribution in [1.29, 1.82) is 5.26 Å². The van der Waals surface area contributed by atoms with E-state index in [1.165, 1.54) is 23.5 Å². The van der Waals surface area contributed by atoms with Gasteiger partial charge < -0.3 is 5.32 Å². The Bertz CT molecular complexity index is 1040. The monoisotopic (exact) mass is 426 g/mol. The summed E-state index contributed by atoms with van der Waals surface area (Å²) in [4.78, 5) is 14.9. The molecule has 0 radical (unpaired) electrons. The molecule has 0 aliphatic carbocycles. The SMILES string of the molecule is N#CC(=CNc1cccc(Br)c1)c1nc(-c2cccc([N+](=O)[O-])c2)cs1. The van der Waals surface area contributed by atoms with Crippen molar-refractivity contribution in [2.75, 3.05) is 5.32 Å². The number of nitriles is 1. The predicted octanol–water partition coefficient (Wildman–Crippen LogP) is 5.46. The van der Waals surface area contributed by atoms with Gasteiger partial charge in [0.05, 0.1) is 10.6 Å². The fourth-order valence-corrected chi connectivity index (χ4v) is 3.38. The summed E-state index contributed by atoms with van der Waals surface area (Å²) in [5.41, 5.74) is 2.45. The first-order valence-electron chi connectivity index (χ1n) is 7.40. The summed E-state index contributed by atoms with van der Waals surface area (Å²) in [6, 6.07) is 16.0. The number of allylic oxidation sites excluding steroid dienone is 1. The fraction of sp³-hybridized carbons (Fsp3) is 0. The number of rotatable bonds is 5. The molecule has 128 valence electrons. The molecule has 0 unspecified atom stereocenters. The average Bonchev–Trinajstić information content (AvgIpc) is 3.12. The van der Waals surface area contributed by atoms with E-state index < -0.39 is 4.92 Å². The number of anilines is 1. The zero-order valence-corrected chi connectivity index (χ0v) is 15.6. The van der Waals surface area contributed by atoms with Crippen molar-refractivity contribution >= 4 is 44.2 Å². The Labute approximate surface area is 161 Å². The molecular weight excluding hydrogens is 416 g/mol. The van der Waals surface area contributed by atoms with E-state index in [1.807, 2.05) is 24.3 Å². The summed E-state index contributed by atoms with van der Waals surface area (Å²) < 4.78 is 0.927. The maximum atomic E-state index is 10.9. The molecule has 6 nitrogen and oxygen atoms in total. The molecule has 0 saturated carbocycles. The summed E-state index contributed by atoms with van der Waals surface area (Å²) in [6.07, 6.45) is 1.60. The van der Waals surface area contributed by atoms with Crippen LogP contribution in [-0.2, 0) is 0 Å². The van der Waals surface area contributed by atoms with Gasteiger partial charge in [-0.05, 0) is 18.2 Å². The Hall–Kier alpha value is -3.02. The van der Waals surface area contributed by atoms with Crippen molar-refractivity contribution in [3.05, 3.63) is 79.7 Å².